The van der Waals surface area contributed by atoms with Gasteiger partial charge in [0, 0.05) is 37.9 Å². The molecule has 1 aromatic carbocycles. The van der Waals surface area contributed by atoms with Crippen LogP contribution in [0.1, 0.15) is 32.3 Å². The molecule has 0 saturated carbocycles. The number of piperidine rings is 1. The number of amides is 1. The first-order chi connectivity index (χ1) is 12.9. The van der Waals surface area contributed by atoms with E-state index in [1.807, 2.05) is 30.1 Å². The number of hydrogen-bond donors (Lipinski definition) is 2. The van der Waals surface area contributed by atoms with E-state index in [4.69, 9.17) is 10.5 Å². The third-order valence-electron chi connectivity index (χ3n) is 5.80. The van der Waals surface area contributed by atoms with Gasteiger partial charge in [-0.3, -0.25) is 4.79 Å². The highest BCUT2D eigenvalue weighted by molar-refractivity contribution is 5.98. The molecule has 0 aliphatic carbocycles. The molecule has 7 heteroatoms. The van der Waals surface area contributed by atoms with E-state index in [-0.39, 0.29) is 17.9 Å². The van der Waals surface area contributed by atoms with Crippen molar-refractivity contribution in [2.75, 3.05) is 43.5 Å². The molecule has 0 spiro atoms. The number of likely N-dealkylation sites (N-methyl/N-ethyl adjacent to an activating group) is 1. The summed E-state index contributed by atoms with van der Waals surface area (Å²) in [5.74, 6) is -0.350. The smallest absolute Gasteiger partial charge is 0.329 e. The summed E-state index contributed by atoms with van der Waals surface area (Å²) in [7, 11) is 1.89. The molecule has 2 aliphatic rings. The van der Waals surface area contributed by atoms with Crippen molar-refractivity contribution in [2.24, 2.45) is 5.73 Å². The minimum Gasteiger partial charge on any atom is -0.464 e. The summed E-state index contributed by atoms with van der Waals surface area (Å²) < 4.78 is 5.16. The largest absolute Gasteiger partial charge is 0.464 e. The number of nitrogens with one attached hydrogen (secondary N) is 1. The Kier molecular flexibility index (Phi) is 5.72. The van der Waals surface area contributed by atoms with Crippen LogP contribution in [0.25, 0.3) is 0 Å². The lowest BCUT2D eigenvalue weighted by Gasteiger charge is -2.37. The molecule has 0 bridgehead atoms. The number of ether oxygens (including phenoxy) is 1. The van der Waals surface area contributed by atoms with Crippen LogP contribution >= 0.6 is 0 Å². The zero-order valence-electron chi connectivity index (χ0n) is 16.5. The molecule has 1 aromatic rings. The second-order valence-corrected chi connectivity index (χ2v) is 7.47. The van der Waals surface area contributed by atoms with Crippen molar-refractivity contribution < 1.29 is 14.3 Å². The molecule has 0 radical (unpaired) electrons. The number of carbonyl (C=O) groups excluding carboxylic acids is 2. The molecule has 3 rings (SSSR count). The van der Waals surface area contributed by atoms with Crippen molar-refractivity contribution in [2.45, 2.75) is 44.7 Å². The average molecular weight is 374 g/mol. The van der Waals surface area contributed by atoms with Crippen molar-refractivity contribution in [1.29, 1.82) is 0 Å². The maximum atomic E-state index is 12.8. The fourth-order valence-corrected chi connectivity index (χ4v) is 3.91. The quantitative estimate of drug-likeness (QED) is 0.757. The Morgan fingerprint density at radius 1 is 1.30 bits per heavy atom. The van der Waals surface area contributed by atoms with Crippen LogP contribution in [-0.2, 0) is 20.7 Å². The van der Waals surface area contributed by atoms with Gasteiger partial charge in [0.1, 0.15) is 6.04 Å². The van der Waals surface area contributed by atoms with Crippen molar-refractivity contribution in [3.8, 4) is 0 Å². The number of rotatable bonds is 5. The summed E-state index contributed by atoms with van der Waals surface area (Å²) in [5.41, 5.74) is 8.30. The molecule has 1 amide bonds. The Morgan fingerprint density at radius 3 is 2.63 bits per heavy atom. The SMILES string of the molecule is CCOC(=O)C1Cc2cc(NC(=O)C3(N)CCN(CC)CC3)ccc2N1C. The first-order valence-electron chi connectivity index (χ1n) is 9.73. The van der Waals surface area contributed by atoms with Crippen LogP contribution in [0.3, 0.4) is 0 Å². The maximum Gasteiger partial charge on any atom is 0.329 e. The van der Waals surface area contributed by atoms with Crippen LogP contribution in [0, 0.1) is 0 Å². The normalized spacial score (nSPS) is 21.6. The van der Waals surface area contributed by atoms with Crippen LogP contribution in [0.5, 0.6) is 0 Å². The van der Waals surface area contributed by atoms with Gasteiger partial charge in [-0.15, -0.1) is 0 Å². The van der Waals surface area contributed by atoms with Crippen molar-refractivity contribution in [3.05, 3.63) is 23.8 Å². The van der Waals surface area contributed by atoms with Crippen molar-refractivity contribution in [3.63, 3.8) is 0 Å². The van der Waals surface area contributed by atoms with E-state index >= 15 is 0 Å². The first-order valence-corrected chi connectivity index (χ1v) is 9.73. The Hall–Kier alpha value is -2.12. The number of fused-ring (bicyclic) bond motifs is 1. The van der Waals surface area contributed by atoms with Crippen LogP contribution < -0.4 is 16.0 Å². The highest BCUT2D eigenvalue weighted by Gasteiger charge is 2.38. The zero-order valence-corrected chi connectivity index (χ0v) is 16.5. The summed E-state index contributed by atoms with van der Waals surface area (Å²) >= 11 is 0. The van der Waals surface area contributed by atoms with E-state index in [0.717, 1.165) is 36.6 Å². The average Bonchev–Trinajstić information content (AvgIpc) is 2.99. The van der Waals surface area contributed by atoms with Gasteiger partial charge in [0.15, 0.2) is 0 Å². The van der Waals surface area contributed by atoms with Crippen LogP contribution in [0.2, 0.25) is 0 Å². The van der Waals surface area contributed by atoms with E-state index < -0.39 is 5.54 Å². The maximum absolute atomic E-state index is 12.8. The predicted molar refractivity (Wildman–Crippen MR) is 106 cm³/mol. The summed E-state index contributed by atoms with van der Waals surface area (Å²) in [6, 6.07) is 5.43. The fraction of sp³-hybridized carbons (Fsp3) is 0.600. The molecular formula is C20H30N4O3. The topological polar surface area (TPSA) is 87.9 Å². The molecule has 7 nitrogen and oxygen atoms in total. The fourth-order valence-electron chi connectivity index (χ4n) is 3.91. The summed E-state index contributed by atoms with van der Waals surface area (Å²) in [6.07, 6.45) is 1.89. The molecule has 148 valence electrons. The van der Waals surface area contributed by atoms with Crippen molar-refractivity contribution >= 4 is 23.3 Å². The van der Waals surface area contributed by atoms with E-state index in [0.29, 0.717) is 25.9 Å². The van der Waals surface area contributed by atoms with E-state index in [9.17, 15) is 9.59 Å². The van der Waals surface area contributed by atoms with Gasteiger partial charge in [-0.25, -0.2) is 4.79 Å². The Morgan fingerprint density at radius 2 is 2.00 bits per heavy atom. The van der Waals surface area contributed by atoms with E-state index in [1.165, 1.54) is 0 Å². The standard InChI is InChI=1S/C20H30N4O3/c1-4-24-10-8-20(21,9-11-24)19(26)22-15-6-7-16-14(12-15)13-17(23(16)3)18(25)27-5-2/h6-7,12,17H,4-5,8-11,13,21H2,1-3H3,(H,22,26). The second kappa shape index (κ2) is 7.86. The Balaban J connectivity index is 1.68. The number of nitrogens with two attached hydrogens (primary N) is 1. The van der Waals surface area contributed by atoms with E-state index in [2.05, 4.69) is 17.1 Å². The minimum absolute atomic E-state index is 0.133. The van der Waals surface area contributed by atoms with Gasteiger partial charge in [0.05, 0.1) is 12.1 Å². The van der Waals surface area contributed by atoms with Gasteiger partial charge < -0.3 is 25.6 Å². The monoisotopic (exact) mass is 374 g/mol. The summed E-state index contributed by atoms with van der Waals surface area (Å²) in [6.45, 7) is 6.97. The Bertz CT molecular complexity index is 713. The van der Waals surface area contributed by atoms with Gasteiger partial charge in [-0.2, -0.15) is 0 Å². The number of carbonyl (C=O) groups is 2. The number of anilines is 2. The van der Waals surface area contributed by atoms with Crippen LogP contribution in [0.4, 0.5) is 11.4 Å². The highest BCUT2D eigenvalue weighted by atomic mass is 16.5. The predicted octanol–water partition coefficient (Wildman–Crippen LogP) is 1.36. The first kappa shape index (κ1) is 19.6. The number of benzene rings is 1. The number of nitrogens with zero attached hydrogens (tertiary/aromatic N) is 2. The number of esters is 1. The molecule has 2 heterocycles. The van der Waals surface area contributed by atoms with E-state index in [1.54, 1.807) is 6.92 Å². The molecular weight excluding hydrogens is 344 g/mol. The van der Waals surface area contributed by atoms with Gasteiger partial charge in [-0.05, 0) is 50.1 Å². The molecule has 1 fully saturated rings. The lowest BCUT2D eigenvalue weighted by atomic mass is 9.87. The highest BCUT2D eigenvalue weighted by Crippen LogP contribution is 2.34. The van der Waals surface area contributed by atoms with Gasteiger partial charge in [0.25, 0.3) is 0 Å². The summed E-state index contributed by atoms with van der Waals surface area (Å²) in [5, 5.41) is 2.98. The lowest BCUT2D eigenvalue weighted by Crippen LogP contribution is -2.57. The molecule has 1 saturated heterocycles. The second-order valence-electron chi connectivity index (χ2n) is 7.47. The molecule has 1 atom stereocenters. The summed E-state index contributed by atoms with van der Waals surface area (Å²) in [4.78, 5) is 29.1. The molecule has 0 aromatic heterocycles. The van der Waals surface area contributed by atoms with Crippen molar-refractivity contribution in [1.82, 2.24) is 4.90 Å². The van der Waals surface area contributed by atoms with Gasteiger partial charge in [-0.1, -0.05) is 6.92 Å². The lowest BCUT2D eigenvalue weighted by molar-refractivity contribution is -0.144. The molecule has 1 unspecified atom stereocenters. The number of hydrogen-bond acceptors (Lipinski definition) is 6. The van der Waals surface area contributed by atoms with Crippen LogP contribution in [0.15, 0.2) is 18.2 Å². The minimum atomic E-state index is -0.824. The molecule has 27 heavy (non-hydrogen) atoms. The Labute approximate surface area is 160 Å². The van der Waals surface area contributed by atoms with Gasteiger partial charge >= 0.3 is 5.97 Å². The third kappa shape index (κ3) is 3.94. The number of likely N-dealkylation sites (tertiary alicyclic amines) is 1. The zero-order chi connectivity index (χ0) is 19.6. The molecule has 2 aliphatic heterocycles. The third-order valence-corrected chi connectivity index (χ3v) is 5.80. The molecule has 3 N–H and O–H groups in total. The van der Waals surface area contributed by atoms with Gasteiger partial charge in [0.2, 0.25) is 5.91 Å². The van der Waals surface area contributed by atoms with Crippen LogP contribution in [-0.4, -0.2) is 61.6 Å².